The Labute approximate surface area is 168 Å². The average molecular weight is 394 g/mol. The third kappa shape index (κ3) is 5.96. The van der Waals surface area contributed by atoms with Crippen molar-refractivity contribution in [2.75, 3.05) is 13.2 Å². The van der Waals surface area contributed by atoms with Crippen molar-refractivity contribution in [2.24, 2.45) is 0 Å². The summed E-state index contributed by atoms with van der Waals surface area (Å²) in [4.78, 5) is 16.7. The second-order valence-electron chi connectivity index (χ2n) is 6.01. The standard InChI is InChI=1S/C22H22N2O3S/c1-2-12-26-19-10-6-7-11-20(19)27-15-21(25)23-14-18-16-28-22(24-18)13-17-8-4-3-5-9-17/h2-11,16H,1,12-15H2,(H,23,25). The van der Waals surface area contributed by atoms with Gasteiger partial charge in [0.05, 0.1) is 17.2 Å². The first kappa shape index (κ1) is 19.6. The van der Waals surface area contributed by atoms with Gasteiger partial charge in [0, 0.05) is 11.8 Å². The van der Waals surface area contributed by atoms with Gasteiger partial charge in [-0.15, -0.1) is 11.3 Å². The van der Waals surface area contributed by atoms with Crippen molar-refractivity contribution in [2.45, 2.75) is 13.0 Å². The largest absolute Gasteiger partial charge is 0.486 e. The first-order valence-corrected chi connectivity index (χ1v) is 9.82. The molecule has 6 heteroatoms. The summed E-state index contributed by atoms with van der Waals surface area (Å²) in [5, 5.41) is 5.83. The van der Waals surface area contributed by atoms with Crippen LogP contribution >= 0.6 is 11.3 Å². The molecule has 1 aromatic heterocycles. The van der Waals surface area contributed by atoms with Gasteiger partial charge in [0.25, 0.3) is 5.91 Å². The summed E-state index contributed by atoms with van der Waals surface area (Å²) in [6.45, 7) is 4.29. The van der Waals surface area contributed by atoms with Crippen molar-refractivity contribution < 1.29 is 14.3 Å². The molecule has 5 nitrogen and oxygen atoms in total. The fourth-order valence-corrected chi connectivity index (χ4v) is 3.33. The molecule has 144 valence electrons. The fourth-order valence-electron chi connectivity index (χ4n) is 2.50. The van der Waals surface area contributed by atoms with E-state index < -0.39 is 0 Å². The zero-order valence-corrected chi connectivity index (χ0v) is 16.3. The highest BCUT2D eigenvalue weighted by Gasteiger charge is 2.09. The normalized spacial score (nSPS) is 10.3. The van der Waals surface area contributed by atoms with E-state index >= 15 is 0 Å². The van der Waals surface area contributed by atoms with Gasteiger partial charge in [-0.25, -0.2) is 4.98 Å². The Morgan fingerprint density at radius 3 is 2.54 bits per heavy atom. The number of amides is 1. The number of carbonyl (C=O) groups is 1. The molecule has 0 radical (unpaired) electrons. The molecule has 0 aliphatic rings. The third-order valence-corrected chi connectivity index (χ3v) is 4.73. The first-order chi connectivity index (χ1) is 13.7. The Bertz CT molecular complexity index is 909. The molecule has 0 fully saturated rings. The van der Waals surface area contributed by atoms with Crippen LogP contribution in [-0.4, -0.2) is 24.1 Å². The molecule has 3 rings (SSSR count). The van der Waals surface area contributed by atoms with E-state index in [0.717, 1.165) is 17.1 Å². The van der Waals surface area contributed by atoms with Gasteiger partial charge in [-0.2, -0.15) is 0 Å². The molecule has 0 atom stereocenters. The number of benzene rings is 2. The number of rotatable bonds is 10. The summed E-state index contributed by atoms with van der Waals surface area (Å²) in [5.41, 5.74) is 2.07. The molecule has 2 aromatic carbocycles. The van der Waals surface area contributed by atoms with Gasteiger partial charge in [0.15, 0.2) is 18.1 Å². The van der Waals surface area contributed by atoms with Crippen molar-refractivity contribution >= 4 is 17.2 Å². The van der Waals surface area contributed by atoms with E-state index in [-0.39, 0.29) is 12.5 Å². The Morgan fingerprint density at radius 2 is 1.79 bits per heavy atom. The maximum atomic E-state index is 12.1. The summed E-state index contributed by atoms with van der Waals surface area (Å²) >= 11 is 1.60. The van der Waals surface area contributed by atoms with Crippen LogP contribution < -0.4 is 14.8 Å². The molecule has 0 saturated heterocycles. The van der Waals surface area contributed by atoms with Crippen molar-refractivity contribution in [1.29, 1.82) is 0 Å². The summed E-state index contributed by atoms with van der Waals surface area (Å²) in [6.07, 6.45) is 2.45. The number of nitrogens with one attached hydrogen (secondary N) is 1. The quantitative estimate of drug-likeness (QED) is 0.528. The van der Waals surface area contributed by atoms with E-state index in [2.05, 4.69) is 29.0 Å². The number of para-hydroxylation sites is 2. The molecule has 3 aromatic rings. The minimum absolute atomic E-state index is 0.0878. The molecule has 1 N–H and O–H groups in total. The van der Waals surface area contributed by atoms with Crippen LogP contribution in [-0.2, 0) is 17.8 Å². The van der Waals surface area contributed by atoms with Gasteiger partial charge in [-0.3, -0.25) is 4.79 Å². The third-order valence-electron chi connectivity index (χ3n) is 3.83. The van der Waals surface area contributed by atoms with Gasteiger partial charge in [0.2, 0.25) is 0 Å². The summed E-state index contributed by atoms with van der Waals surface area (Å²) < 4.78 is 11.1. The lowest BCUT2D eigenvalue weighted by molar-refractivity contribution is -0.123. The van der Waals surface area contributed by atoms with E-state index in [1.54, 1.807) is 29.5 Å². The average Bonchev–Trinajstić information content (AvgIpc) is 3.18. The lowest BCUT2D eigenvalue weighted by Gasteiger charge is -2.11. The highest BCUT2D eigenvalue weighted by Crippen LogP contribution is 2.26. The van der Waals surface area contributed by atoms with Crippen LogP contribution in [0.3, 0.4) is 0 Å². The van der Waals surface area contributed by atoms with Crippen LogP contribution in [0.2, 0.25) is 0 Å². The fraction of sp³-hybridized carbons (Fsp3) is 0.182. The highest BCUT2D eigenvalue weighted by atomic mass is 32.1. The van der Waals surface area contributed by atoms with Crippen molar-refractivity contribution in [1.82, 2.24) is 10.3 Å². The number of ether oxygens (including phenoxy) is 2. The molecular formula is C22H22N2O3S. The van der Waals surface area contributed by atoms with Crippen molar-refractivity contribution in [3.8, 4) is 11.5 Å². The first-order valence-electron chi connectivity index (χ1n) is 8.94. The summed E-state index contributed by atoms with van der Waals surface area (Å²) in [6, 6.07) is 17.4. The van der Waals surface area contributed by atoms with Gasteiger partial charge >= 0.3 is 0 Å². The maximum Gasteiger partial charge on any atom is 0.258 e. The molecule has 0 bridgehead atoms. The van der Waals surface area contributed by atoms with Crippen LogP contribution in [0.15, 0.2) is 72.6 Å². The molecular weight excluding hydrogens is 372 g/mol. The smallest absolute Gasteiger partial charge is 0.258 e. The van der Waals surface area contributed by atoms with E-state index in [1.807, 2.05) is 35.7 Å². The Kier molecular flexibility index (Phi) is 7.21. The Hall–Kier alpha value is -3.12. The number of hydrogen-bond donors (Lipinski definition) is 1. The number of nitrogens with zero attached hydrogens (tertiary/aromatic N) is 1. The second-order valence-corrected chi connectivity index (χ2v) is 6.95. The lowest BCUT2D eigenvalue weighted by atomic mass is 10.2. The van der Waals surface area contributed by atoms with Crippen molar-refractivity contribution in [3.63, 3.8) is 0 Å². The zero-order valence-electron chi connectivity index (χ0n) is 15.5. The highest BCUT2D eigenvalue weighted by molar-refractivity contribution is 7.09. The summed E-state index contributed by atoms with van der Waals surface area (Å²) in [5.74, 6) is 0.898. The van der Waals surface area contributed by atoms with Crippen LogP contribution in [0, 0.1) is 0 Å². The molecule has 28 heavy (non-hydrogen) atoms. The number of hydrogen-bond acceptors (Lipinski definition) is 5. The lowest BCUT2D eigenvalue weighted by Crippen LogP contribution is -2.28. The molecule has 0 spiro atoms. The minimum Gasteiger partial charge on any atom is -0.486 e. The molecule has 0 unspecified atom stereocenters. The van der Waals surface area contributed by atoms with E-state index in [0.29, 0.717) is 24.7 Å². The monoisotopic (exact) mass is 394 g/mol. The Morgan fingerprint density at radius 1 is 1.07 bits per heavy atom. The van der Waals surface area contributed by atoms with Crippen molar-refractivity contribution in [3.05, 3.63) is 88.9 Å². The van der Waals surface area contributed by atoms with Gasteiger partial charge in [0.1, 0.15) is 6.61 Å². The Balaban J connectivity index is 1.46. The zero-order chi connectivity index (χ0) is 19.6. The number of carbonyl (C=O) groups excluding carboxylic acids is 1. The van der Waals surface area contributed by atoms with Crippen LogP contribution in [0.4, 0.5) is 0 Å². The molecule has 1 heterocycles. The van der Waals surface area contributed by atoms with Crippen LogP contribution in [0.5, 0.6) is 11.5 Å². The van der Waals surface area contributed by atoms with Gasteiger partial charge in [-0.1, -0.05) is 55.1 Å². The molecule has 0 aliphatic carbocycles. The van der Waals surface area contributed by atoms with Crippen LogP contribution in [0.1, 0.15) is 16.3 Å². The summed E-state index contributed by atoms with van der Waals surface area (Å²) in [7, 11) is 0. The number of thiazole rings is 1. The number of aromatic nitrogens is 1. The van der Waals surface area contributed by atoms with E-state index in [9.17, 15) is 4.79 Å². The molecule has 0 aliphatic heterocycles. The second kappa shape index (κ2) is 10.3. The van der Waals surface area contributed by atoms with Gasteiger partial charge in [-0.05, 0) is 17.7 Å². The molecule has 0 saturated carbocycles. The minimum atomic E-state index is -0.212. The SMILES string of the molecule is C=CCOc1ccccc1OCC(=O)NCc1csc(Cc2ccccc2)n1. The van der Waals surface area contributed by atoms with Gasteiger partial charge < -0.3 is 14.8 Å². The van der Waals surface area contributed by atoms with E-state index in [4.69, 9.17) is 9.47 Å². The van der Waals surface area contributed by atoms with E-state index in [1.165, 1.54) is 5.56 Å². The molecule has 1 amide bonds. The predicted molar refractivity (Wildman–Crippen MR) is 111 cm³/mol. The maximum absolute atomic E-state index is 12.1. The van der Waals surface area contributed by atoms with Crippen LogP contribution in [0.25, 0.3) is 0 Å². The predicted octanol–water partition coefficient (Wildman–Crippen LogP) is 3.99. The topological polar surface area (TPSA) is 60.5 Å².